The molecule has 0 aromatic carbocycles. The molecule has 0 bridgehead atoms. The molecule has 2 amide bonds. The minimum Gasteiger partial charge on any atom is -0.480 e. The molecule has 2 aromatic heterocycles. The van der Waals surface area contributed by atoms with Gasteiger partial charge in [0.1, 0.15) is 18.1 Å². The number of amides is 2. The fourth-order valence-electron chi connectivity index (χ4n) is 4.73. The van der Waals surface area contributed by atoms with E-state index in [-0.39, 0.29) is 32.0 Å². The van der Waals surface area contributed by atoms with Crippen LogP contribution in [0.25, 0.3) is 0 Å². The highest BCUT2D eigenvalue weighted by atomic mass is 16.4. The minimum atomic E-state index is -1.61. The van der Waals surface area contributed by atoms with Crippen LogP contribution in [0.2, 0.25) is 0 Å². The van der Waals surface area contributed by atoms with Gasteiger partial charge in [-0.3, -0.25) is 15.1 Å². The second-order valence-electron chi connectivity index (χ2n) is 9.39. The number of piperidine rings is 1. The number of hydrogen-bond acceptors (Lipinski definition) is 8. The molecule has 2 aliphatic rings. The Kier molecular flexibility index (Phi) is 8.34. The van der Waals surface area contributed by atoms with Gasteiger partial charge in [0.05, 0.1) is 5.60 Å². The number of aliphatic carboxylic acids is 1. The molecule has 36 heavy (non-hydrogen) atoms. The number of anilines is 1. The zero-order chi connectivity index (χ0) is 25.5. The van der Waals surface area contributed by atoms with Crippen molar-refractivity contribution < 1.29 is 24.9 Å². The summed E-state index contributed by atoms with van der Waals surface area (Å²) in [5, 5.41) is 40.0. The van der Waals surface area contributed by atoms with Gasteiger partial charge >= 0.3 is 12.0 Å². The SMILES string of the molecule is O=C(O)C(NC(O)c1ccncc1)C1(O)CCN(C(=O)NCCCc2ccc3c(n2)NCCC3)CC1. The van der Waals surface area contributed by atoms with Crippen molar-refractivity contribution in [1.29, 1.82) is 0 Å². The normalized spacial score (nSPS) is 18.4. The lowest BCUT2D eigenvalue weighted by Crippen LogP contribution is -2.61. The average Bonchev–Trinajstić information content (AvgIpc) is 2.90. The molecule has 4 heterocycles. The summed E-state index contributed by atoms with van der Waals surface area (Å²) in [6, 6.07) is 5.64. The summed E-state index contributed by atoms with van der Waals surface area (Å²) < 4.78 is 0. The van der Waals surface area contributed by atoms with E-state index in [2.05, 4.69) is 32.0 Å². The highest BCUT2D eigenvalue weighted by molar-refractivity contribution is 5.76. The quantitative estimate of drug-likeness (QED) is 0.219. The third-order valence-electron chi connectivity index (χ3n) is 6.88. The Morgan fingerprint density at radius 3 is 2.64 bits per heavy atom. The maximum Gasteiger partial charge on any atom is 0.323 e. The number of carbonyl (C=O) groups excluding carboxylic acids is 1. The molecule has 2 aromatic rings. The molecule has 4 rings (SSSR count). The van der Waals surface area contributed by atoms with Gasteiger partial charge in [-0.15, -0.1) is 0 Å². The summed E-state index contributed by atoms with van der Waals surface area (Å²) in [4.78, 5) is 34.6. The van der Waals surface area contributed by atoms with Crippen LogP contribution in [-0.4, -0.2) is 80.0 Å². The number of urea groups is 1. The van der Waals surface area contributed by atoms with Gasteiger partial charge in [-0.05, 0) is 67.9 Å². The Hall–Kier alpha value is -3.28. The predicted molar refractivity (Wildman–Crippen MR) is 132 cm³/mol. The number of nitrogens with zero attached hydrogens (tertiary/aromatic N) is 3. The van der Waals surface area contributed by atoms with E-state index in [4.69, 9.17) is 0 Å². The molecule has 0 spiro atoms. The summed E-state index contributed by atoms with van der Waals surface area (Å²) in [7, 11) is 0. The van der Waals surface area contributed by atoms with Gasteiger partial charge in [-0.25, -0.2) is 9.78 Å². The Morgan fingerprint density at radius 2 is 1.92 bits per heavy atom. The van der Waals surface area contributed by atoms with Crippen LogP contribution >= 0.6 is 0 Å². The first-order chi connectivity index (χ1) is 17.4. The maximum absolute atomic E-state index is 12.6. The van der Waals surface area contributed by atoms with Crippen molar-refractivity contribution in [3.05, 3.63) is 53.5 Å². The topological polar surface area (TPSA) is 160 Å². The van der Waals surface area contributed by atoms with E-state index in [1.807, 2.05) is 6.07 Å². The average molecular weight is 499 g/mol. The summed E-state index contributed by atoms with van der Waals surface area (Å²) in [6.07, 6.45) is 5.50. The van der Waals surface area contributed by atoms with Crippen molar-refractivity contribution in [2.24, 2.45) is 0 Å². The van der Waals surface area contributed by atoms with E-state index < -0.39 is 23.8 Å². The van der Waals surface area contributed by atoms with Gasteiger partial charge in [0.25, 0.3) is 0 Å². The van der Waals surface area contributed by atoms with Crippen LogP contribution in [0, 0.1) is 0 Å². The number of fused-ring (bicyclic) bond motifs is 1. The fraction of sp³-hybridized carbons (Fsp3) is 0.520. The molecule has 0 radical (unpaired) electrons. The Bertz CT molecular complexity index is 1040. The number of aliphatic hydroxyl groups is 2. The van der Waals surface area contributed by atoms with Gasteiger partial charge in [-0.1, -0.05) is 6.07 Å². The fourth-order valence-corrected chi connectivity index (χ4v) is 4.73. The molecule has 0 saturated carbocycles. The van der Waals surface area contributed by atoms with Crippen molar-refractivity contribution in [2.45, 2.75) is 56.4 Å². The summed E-state index contributed by atoms with van der Waals surface area (Å²) >= 11 is 0. The van der Waals surface area contributed by atoms with Crippen molar-refractivity contribution in [3.8, 4) is 0 Å². The summed E-state index contributed by atoms with van der Waals surface area (Å²) in [6.45, 7) is 1.84. The van der Waals surface area contributed by atoms with Gasteiger partial charge in [-0.2, -0.15) is 0 Å². The number of pyridine rings is 2. The summed E-state index contributed by atoms with van der Waals surface area (Å²) in [5.41, 5.74) is 1.07. The van der Waals surface area contributed by atoms with Crippen LogP contribution in [0.4, 0.5) is 10.6 Å². The van der Waals surface area contributed by atoms with Crippen LogP contribution in [0.3, 0.4) is 0 Å². The number of carboxylic acids is 1. The smallest absolute Gasteiger partial charge is 0.323 e. The van der Waals surface area contributed by atoms with Gasteiger partial charge < -0.3 is 30.9 Å². The van der Waals surface area contributed by atoms with E-state index in [0.717, 1.165) is 43.7 Å². The molecule has 1 fully saturated rings. The molecule has 6 N–H and O–H groups in total. The number of nitrogens with one attached hydrogen (secondary N) is 3. The van der Waals surface area contributed by atoms with Crippen LogP contribution in [0.1, 0.15) is 48.7 Å². The van der Waals surface area contributed by atoms with Gasteiger partial charge in [0.2, 0.25) is 0 Å². The van der Waals surface area contributed by atoms with Crippen LogP contribution in [0.15, 0.2) is 36.7 Å². The Morgan fingerprint density at radius 1 is 1.17 bits per heavy atom. The van der Waals surface area contributed by atoms with Crippen molar-refractivity contribution in [2.75, 3.05) is 31.5 Å². The van der Waals surface area contributed by atoms with E-state index in [1.54, 1.807) is 17.0 Å². The first kappa shape index (κ1) is 25.8. The highest BCUT2D eigenvalue weighted by Crippen LogP contribution is 2.28. The number of rotatable bonds is 9. The number of carboxylic acid groups (broad SMARTS) is 1. The van der Waals surface area contributed by atoms with Crippen molar-refractivity contribution in [3.63, 3.8) is 0 Å². The number of aromatic nitrogens is 2. The number of aliphatic hydroxyl groups excluding tert-OH is 1. The van der Waals surface area contributed by atoms with Crippen LogP contribution < -0.4 is 16.0 Å². The molecule has 2 aliphatic heterocycles. The molecule has 11 nitrogen and oxygen atoms in total. The van der Waals surface area contributed by atoms with Crippen LogP contribution in [-0.2, 0) is 17.6 Å². The highest BCUT2D eigenvalue weighted by Gasteiger charge is 2.45. The van der Waals surface area contributed by atoms with E-state index in [1.165, 1.54) is 18.0 Å². The zero-order valence-corrected chi connectivity index (χ0v) is 20.2. The number of likely N-dealkylation sites (tertiary alicyclic amines) is 1. The monoisotopic (exact) mass is 498 g/mol. The Balaban J connectivity index is 1.23. The second kappa shape index (κ2) is 11.6. The van der Waals surface area contributed by atoms with Gasteiger partial charge in [0, 0.05) is 44.3 Å². The molecule has 11 heteroatoms. The van der Waals surface area contributed by atoms with Crippen molar-refractivity contribution >= 4 is 17.8 Å². The van der Waals surface area contributed by atoms with Crippen molar-refractivity contribution in [1.82, 2.24) is 25.5 Å². The molecule has 194 valence electrons. The summed E-state index contributed by atoms with van der Waals surface area (Å²) in [5.74, 6) is -0.305. The van der Waals surface area contributed by atoms with Crippen LogP contribution in [0.5, 0.6) is 0 Å². The lowest BCUT2D eigenvalue weighted by molar-refractivity contribution is -0.152. The largest absolute Gasteiger partial charge is 0.480 e. The second-order valence-corrected chi connectivity index (χ2v) is 9.39. The Labute approximate surface area is 210 Å². The molecule has 1 saturated heterocycles. The number of carbonyl (C=O) groups is 2. The van der Waals surface area contributed by atoms with E-state index >= 15 is 0 Å². The third-order valence-corrected chi connectivity index (χ3v) is 6.88. The lowest BCUT2D eigenvalue weighted by Gasteiger charge is -2.42. The van der Waals surface area contributed by atoms with E-state index in [9.17, 15) is 24.9 Å². The molecular formula is C25H34N6O5. The molecular weight excluding hydrogens is 464 g/mol. The maximum atomic E-state index is 12.6. The third kappa shape index (κ3) is 6.28. The standard InChI is InChI=1S/C25H34N6O5/c32-22(18-7-13-26-14-8-18)30-20(23(33)34)25(36)9-15-31(16-10-25)24(35)28-12-2-4-19-6-5-17-3-1-11-27-21(17)29-19/h5-8,13-14,20,22,30,32,36H,1-4,9-12,15-16H2,(H,27,29)(H,28,35)(H,33,34). The number of hydrogen-bond donors (Lipinski definition) is 6. The lowest BCUT2D eigenvalue weighted by atomic mass is 9.84. The zero-order valence-electron chi connectivity index (χ0n) is 20.2. The predicted octanol–water partition coefficient (Wildman–Crippen LogP) is 1.04. The molecule has 0 aliphatic carbocycles. The first-order valence-electron chi connectivity index (χ1n) is 12.4. The minimum absolute atomic E-state index is 0.0689. The van der Waals surface area contributed by atoms with Gasteiger partial charge in [0.15, 0.2) is 0 Å². The first-order valence-corrected chi connectivity index (χ1v) is 12.4. The molecule has 2 atom stereocenters. The number of aryl methyl sites for hydroxylation is 2. The molecule has 2 unspecified atom stereocenters. The van der Waals surface area contributed by atoms with E-state index in [0.29, 0.717) is 12.1 Å².